The Morgan fingerprint density at radius 1 is 1.17 bits per heavy atom. The van der Waals surface area contributed by atoms with Gasteiger partial charge in [-0.1, -0.05) is 17.7 Å². The van der Waals surface area contributed by atoms with Gasteiger partial charge >= 0.3 is 0 Å². The van der Waals surface area contributed by atoms with E-state index >= 15 is 0 Å². The van der Waals surface area contributed by atoms with Crippen LogP contribution in [0.3, 0.4) is 0 Å². The number of anilines is 1. The second-order valence-corrected chi connectivity index (χ2v) is 7.23. The average molecular weight is 369 g/mol. The molecule has 0 aliphatic carbocycles. The smallest absolute Gasteiger partial charge is 0.241 e. The van der Waals surface area contributed by atoms with Crippen LogP contribution in [0, 0.1) is 6.92 Å². The summed E-state index contributed by atoms with van der Waals surface area (Å²) < 4.78 is 31.6. The molecule has 6 nitrogen and oxygen atoms in total. The maximum absolute atomic E-state index is 12.1. The fourth-order valence-electron chi connectivity index (χ4n) is 1.97. The van der Waals surface area contributed by atoms with Crippen LogP contribution in [0.4, 0.5) is 5.69 Å². The Labute approximate surface area is 145 Å². The van der Waals surface area contributed by atoms with E-state index in [1.54, 1.807) is 12.1 Å². The molecule has 128 valence electrons. The van der Waals surface area contributed by atoms with Gasteiger partial charge in [0.05, 0.1) is 24.2 Å². The van der Waals surface area contributed by atoms with E-state index in [0.717, 1.165) is 5.56 Å². The van der Waals surface area contributed by atoms with Gasteiger partial charge < -0.3 is 10.1 Å². The summed E-state index contributed by atoms with van der Waals surface area (Å²) in [6.45, 7) is 1.47. The van der Waals surface area contributed by atoms with Crippen LogP contribution in [0.15, 0.2) is 47.4 Å². The standard InChI is InChI=1S/C16H17ClN2O4S/c1-11-3-8-15(23-2)14(9-11)19-16(20)10-18-24(21,22)13-6-4-12(17)5-7-13/h3-9,18H,10H2,1-2H3,(H,19,20). The average Bonchev–Trinajstić information content (AvgIpc) is 2.54. The van der Waals surface area contributed by atoms with E-state index in [2.05, 4.69) is 10.0 Å². The van der Waals surface area contributed by atoms with Crippen LogP contribution in [-0.4, -0.2) is 28.0 Å². The third kappa shape index (κ3) is 4.70. The second kappa shape index (κ2) is 7.65. The number of aryl methyl sites for hydroxylation is 1. The Morgan fingerprint density at radius 3 is 2.46 bits per heavy atom. The van der Waals surface area contributed by atoms with Gasteiger partial charge in [0.1, 0.15) is 5.75 Å². The van der Waals surface area contributed by atoms with Crippen molar-refractivity contribution in [2.45, 2.75) is 11.8 Å². The van der Waals surface area contributed by atoms with Crippen molar-refractivity contribution in [3.8, 4) is 5.75 Å². The quantitative estimate of drug-likeness (QED) is 0.820. The van der Waals surface area contributed by atoms with Gasteiger partial charge in [0.25, 0.3) is 0 Å². The summed E-state index contributed by atoms with van der Waals surface area (Å²) in [5.41, 5.74) is 1.42. The molecule has 2 aromatic carbocycles. The molecule has 0 aliphatic heterocycles. The molecule has 2 rings (SSSR count). The number of hydrogen-bond acceptors (Lipinski definition) is 4. The first-order valence-corrected chi connectivity index (χ1v) is 8.87. The molecule has 0 aliphatic rings. The molecule has 24 heavy (non-hydrogen) atoms. The molecule has 0 radical (unpaired) electrons. The Kier molecular flexibility index (Phi) is 5.82. The molecule has 0 unspecified atom stereocenters. The lowest BCUT2D eigenvalue weighted by Crippen LogP contribution is -2.33. The minimum absolute atomic E-state index is 0.0350. The molecule has 2 aromatic rings. The number of rotatable bonds is 6. The predicted molar refractivity (Wildman–Crippen MR) is 93.0 cm³/mol. The summed E-state index contributed by atoms with van der Waals surface area (Å²) in [5, 5.41) is 3.05. The van der Waals surface area contributed by atoms with Crippen molar-refractivity contribution in [2.24, 2.45) is 0 Å². The molecule has 0 aromatic heterocycles. The van der Waals surface area contributed by atoms with Crippen LogP contribution in [0.1, 0.15) is 5.56 Å². The van der Waals surface area contributed by atoms with Crippen molar-refractivity contribution in [3.63, 3.8) is 0 Å². The Balaban J connectivity index is 2.03. The van der Waals surface area contributed by atoms with E-state index in [9.17, 15) is 13.2 Å². The maximum Gasteiger partial charge on any atom is 0.241 e. The van der Waals surface area contributed by atoms with Crippen molar-refractivity contribution in [2.75, 3.05) is 19.0 Å². The molecule has 0 heterocycles. The zero-order valence-electron chi connectivity index (χ0n) is 13.2. The minimum Gasteiger partial charge on any atom is -0.495 e. The molecule has 0 bridgehead atoms. The number of methoxy groups -OCH3 is 1. The van der Waals surface area contributed by atoms with Crippen LogP contribution in [-0.2, 0) is 14.8 Å². The number of amides is 1. The summed E-state index contributed by atoms with van der Waals surface area (Å²) >= 11 is 5.73. The summed E-state index contributed by atoms with van der Waals surface area (Å²) in [6.07, 6.45) is 0. The van der Waals surface area contributed by atoms with Gasteiger partial charge in [-0.25, -0.2) is 13.1 Å². The molecular formula is C16H17ClN2O4S. The van der Waals surface area contributed by atoms with Crippen LogP contribution < -0.4 is 14.8 Å². The summed E-state index contributed by atoms with van der Waals surface area (Å²) in [7, 11) is -2.30. The molecule has 1 amide bonds. The van der Waals surface area contributed by atoms with Crippen molar-refractivity contribution in [3.05, 3.63) is 53.1 Å². The van der Waals surface area contributed by atoms with Gasteiger partial charge in [0.15, 0.2) is 0 Å². The molecule has 8 heteroatoms. The van der Waals surface area contributed by atoms with E-state index < -0.39 is 22.5 Å². The fourth-order valence-corrected chi connectivity index (χ4v) is 3.08. The molecule has 2 N–H and O–H groups in total. The summed E-state index contributed by atoms with van der Waals surface area (Å²) in [5.74, 6) is -0.00838. The molecule has 0 saturated carbocycles. The van der Waals surface area contributed by atoms with E-state index in [1.807, 2.05) is 13.0 Å². The van der Waals surface area contributed by atoms with Crippen LogP contribution in [0.2, 0.25) is 5.02 Å². The van der Waals surface area contributed by atoms with Gasteiger partial charge in [-0.15, -0.1) is 0 Å². The minimum atomic E-state index is -3.79. The lowest BCUT2D eigenvalue weighted by atomic mass is 10.2. The summed E-state index contributed by atoms with van der Waals surface area (Å²) in [4.78, 5) is 12.0. The van der Waals surface area contributed by atoms with Crippen molar-refractivity contribution >= 4 is 33.2 Å². The molecular weight excluding hydrogens is 352 g/mol. The largest absolute Gasteiger partial charge is 0.495 e. The van der Waals surface area contributed by atoms with Gasteiger partial charge in [-0.3, -0.25) is 4.79 Å². The zero-order chi connectivity index (χ0) is 17.7. The van der Waals surface area contributed by atoms with Gasteiger partial charge in [0.2, 0.25) is 15.9 Å². The highest BCUT2D eigenvalue weighted by molar-refractivity contribution is 7.89. The van der Waals surface area contributed by atoms with Crippen molar-refractivity contribution in [1.82, 2.24) is 4.72 Å². The third-order valence-electron chi connectivity index (χ3n) is 3.18. The molecule has 0 atom stereocenters. The second-order valence-electron chi connectivity index (χ2n) is 5.03. The number of carbonyl (C=O) groups is 1. The van der Waals surface area contributed by atoms with Crippen molar-refractivity contribution in [1.29, 1.82) is 0 Å². The first-order valence-electron chi connectivity index (χ1n) is 7.01. The zero-order valence-corrected chi connectivity index (χ0v) is 14.7. The van der Waals surface area contributed by atoms with Crippen LogP contribution in [0.25, 0.3) is 0 Å². The first kappa shape index (κ1) is 18.3. The highest BCUT2D eigenvalue weighted by atomic mass is 35.5. The van der Waals surface area contributed by atoms with Crippen molar-refractivity contribution < 1.29 is 17.9 Å². The van der Waals surface area contributed by atoms with Crippen LogP contribution in [0.5, 0.6) is 5.75 Å². The number of hydrogen-bond donors (Lipinski definition) is 2. The topological polar surface area (TPSA) is 84.5 Å². The maximum atomic E-state index is 12.1. The monoisotopic (exact) mass is 368 g/mol. The van der Waals surface area contributed by atoms with E-state index in [1.165, 1.54) is 31.4 Å². The normalized spacial score (nSPS) is 11.1. The predicted octanol–water partition coefficient (Wildman–Crippen LogP) is 2.57. The third-order valence-corrected chi connectivity index (χ3v) is 4.84. The highest BCUT2D eigenvalue weighted by Crippen LogP contribution is 2.25. The van der Waals surface area contributed by atoms with E-state index in [-0.39, 0.29) is 4.90 Å². The molecule has 0 saturated heterocycles. The lowest BCUT2D eigenvalue weighted by Gasteiger charge is -2.11. The number of benzene rings is 2. The number of halogens is 1. The number of ether oxygens (including phenoxy) is 1. The first-order chi connectivity index (χ1) is 11.3. The number of sulfonamides is 1. The molecule has 0 spiro atoms. The summed E-state index contributed by atoms with van der Waals surface area (Å²) in [6, 6.07) is 11.0. The lowest BCUT2D eigenvalue weighted by molar-refractivity contribution is -0.115. The fraction of sp³-hybridized carbons (Fsp3) is 0.188. The van der Waals surface area contributed by atoms with Gasteiger partial charge in [-0.2, -0.15) is 0 Å². The van der Waals surface area contributed by atoms with E-state index in [0.29, 0.717) is 16.5 Å². The van der Waals surface area contributed by atoms with Crippen LogP contribution >= 0.6 is 11.6 Å². The Hall–Kier alpha value is -2.09. The Morgan fingerprint density at radius 2 is 1.83 bits per heavy atom. The van der Waals surface area contributed by atoms with Gasteiger partial charge in [-0.05, 0) is 48.9 Å². The Bertz CT molecular complexity index is 836. The number of carbonyl (C=O) groups excluding carboxylic acids is 1. The van der Waals surface area contributed by atoms with E-state index in [4.69, 9.17) is 16.3 Å². The van der Waals surface area contributed by atoms with Gasteiger partial charge in [0, 0.05) is 5.02 Å². The highest BCUT2D eigenvalue weighted by Gasteiger charge is 2.16. The SMILES string of the molecule is COc1ccc(C)cc1NC(=O)CNS(=O)(=O)c1ccc(Cl)cc1. The molecule has 0 fully saturated rings. The number of nitrogens with one attached hydrogen (secondary N) is 2.